The van der Waals surface area contributed by atoms with Crippen molar-refractivity contribution in [2.45, 2.75) is 6.42 Å². The second-order valence-electron chi connectivity index (χ2n) is 2.13. The molecule has 3 heteroatoms. The van der Waals surface area contributed by atoms with Crippen LogP contribution in [0.4, 0.5) is 0 Å². The fourth-order valence-electron chi connectivity index (χ4n) is 0.841. The molecule has 0 aliphatic rings. The van der Waals surface area contributed by atoms with Crippen LogP contribution in [-0.2, 0) is 6.42 Å². The Hall–Kier alpha value is 0.270. The molecule has 0 aliphatic heterocycles. The van der Waals surface area contributed by atoms with Gasteiger partial charge in [-0.3, -0.25) is 0 Å². The number of aryl methyl sites for hydroxylation is 1. The van der Waals surface area contributed by atoms with Gasteiger partial charge < -0.3 is 0 Å². The molecule has 0 fully saturated rings. The van der Waals surface area contributed by atoms with Crippen LogP contribution in [0.25, 0.3) is 0 Å². The lowest BCUT2D eigenvalue weighted by Crippen LogP contribution is -1.84. The van der Waals surface area contributed by atoms with Gasteiger partial charge in [-0.1, -0.05) is 52.8 Å². The second-order valence-corrected chi connectivity index (χ2v) is 5.42. The fourth-order valence-corrected chi connectivity index (χ4v) is 2.38. The molecule has 0 aliphatic carbocycles. The highest BCUT2D eigenvalue weighted by atomic mass is 33.5. The van der Waals surface area contributed by atoms with E-state index in [2.05, 4.69) is 35.9 Å². The van der Waals surface area contributed by atoms with Crippen molar-refractivity contribution in [3.8, 4) is 0 Å². The Morgan fingerprint density at radius 3 is 2.55 bits per heavy atom. The van der Waals surface area contributed by atoms with Gasteiger partial charge in [-0.25, -0.2) is 0 Å². The van der Waals surface area contributed by atoms with Crippen molar-refractivity contribution in [2.75, 3.05) is 5.75 Å². The maximum absolute atomic E-state index is 4.05. The first-order valence-corrected chi connectivity index (χ1v) is 6.77. The highest BCUT2D eigenvalue weighted by Crippen LogP contribution is 2.25. The van der Waals surface area contributed by atoms with Crippen LogP contribution in [0.1, 0.15) is 5.56 Å². The maximum Gasteiger partial charge on any atom is 0.00855 e. The predicted octanol–water partition coefficient (Wildman–Crippen LogP) is 3.46. The Morgan fingerprint density at radius 1 is 1.18 bits per heavy atom. The van der Waals surface area contributed by atoms with Crippen molar-refractivity contribution < 1.29 is 0 Å². The molecular weight excluding hydrogens is 192 g/mol. The molecular formula is C8H10S3. The third kappa shape index (κ3) is 3.99. The number of hydrogen-bond acceptors (Lipinski definition) is 3. The summed E-state index contributed by atoms with van der Waals surface area (Å²) in [5, 5.41) is 0. The monoisotopic (exact) mass is 202 g/mol. The summed E-state index contributed by atoms with van der Waals surface area (Å²) in [4.78, 5) is 0. The first-order valence-electron chi connectivity index (χ1n) is 3.40. The van der Waals surface area contributed by atoms with Gasteiger partial charge in [-0.05, 0) is 21.8 Å². The highest BCUT2D eigenvalue weighted by Gasteiger charge is 1.90. The molecule has 11 heavy (non-hydrogen) atoms. The number of thiol groups is 1. The van der Waals surface area contributed by atoms with E-state index in [1.807, 2.05) is 6.07 Å². The van der Waals surface area contributed by atoms with Gasteiger partial charge >= 0.3 is 0 Å². The molecule has 1 aromatic carbocycles. The van der Waals surface area contributed by atoms with Crippen molar-refractivity contribution in [3.63, 3.8) is 0 Å². The molecule has 0 heterocycles. The molecule has 0 nitrogen and oxygen atoms in total. The lowest BCUT2D eigenvalue weighted by molar-refractivity contribution is 1.16. The van der Waals surface area contributed by atoms with Crippen molar-refractivity contribution in [2.24, 2.45) is 0 Å². The quantitative estimate of drug-likeness (QED) is 0.451. The standard InChI is InChI=1S/C8H10S3/c9-11-10-7-6-8-4-2-1-3-5-8/h1-5,9H,6-7H2. The van der Waals surface area contributed by atoms with E-state index in [1.54, 1.807) is 10.8 Å². The molecule has 0 amide bonds. The van der Waals surface area contributed by atoms with Crippen LogP contribution in [0, 0.1) is 0 Å². The number of rotatable bonds is 4. The minimum Gasteiger partial charge on any atom is -0.0997 e. The Bertz CT molecular complexity index is 186. The molecule has 0 radical (unpaired) electrons. The Morgan fingerprint density at radius 2 is 1.91 bits per heavy atom. The number of benzene rings is 1. The highest BCUT2D eigenvalue weighted by molar-refractivity contribution is 9.05. The minimum atomic E-state index is 1.14. The van der Waals surface area contributed by atoms with Crippen molar-refractivity contribution in [1.29, 1.82) is 0 Å². The predicted molar refractivity (Wildman–Crippen MR) is 59.2 cm³/mol. The number of hydrogen-bond donors (Lipinski definition) is 1. The zero-order valence-electron chi connectivity index (χ0n) is 6.06. The molecule has 0 spiro atoms. The summed E-state index contributed by atoms with van der Waals surface area (Å²) in [6, 6.07) is 10.5. The molecule has 1 aromatic rings. The lowest BCUT2D eigenvalue weighted by Gasteiger charge is -1.97. The molecule has 0 N–H and O–H groups in total. The van der Waals surface area contributed by atoms with Crippen LogP contribution in [0.3, 0.4) is 0 Å². The van der Waals surface area contributed by atoms with Crippen molar-refractivity contribution >= 4 is 32.3 Å². The van der Waals surface area contributed by atoms with E-state index >= 15 is 0 Å². The van der Waals surface area contributed by atoms with E-state index in [1.165, 1.54) is 15.4 Å². The molecule has 0 aromatic heterocycles. The molecule has 0 unspecified atom stereocenters. The van der Waals surface area contributed by atoms with Gasteiger partial charge in [0.25, 0.3) is 0 Å². The van der Waals surface area contributed by atoms with E-state index in [9.17, 15) is 0 Å². The summed E-state index contributed by atoms with van der Waals surface area (Å²) < 4.78 is 0. The molecule has 60 valence electrons. The van der Waals surface area contributed by atoms with Gasteiger partial charge in [-0.2, -0.15) is 0 Å². The van der Waals surface area contributed by atoms with E-state index < -0.39 is 0 Å². The Kier molecular flexibility index (Phi) is 4.99. The van der Waals surface area contributed by atoms with E-state index in [-0.39, 0.29) is 0 Å². The topological polar surface area (TPSA) is 0 Å². The Labute approximate surface area is 80.4 Å². The first kappa shape index (κ1) is 9.36. The average molecular weight is 202 g/mol. The third-order valence-corrected chi connectivity index (χ3v) is 3.61. The van der Waals surface area contributed by atoms with Gasteiger partial charge in [0.1, 0.15) is 0 Å². The molecule has 0 saturated heterocycles. The summed E-state index contributed by atoms with van der Waals surface area (Å²) in [7, 11) is 3.32. The van der Waals surface area contributed by atoms with Crippen LogP contribution in [0.15, 0.2) is 30.3 Å². The average Bonchev–Trinajstić information content (AvgIpc) is 2.07. The normalized spacial score (nSPS) is 9.91. The summed E-state index contributed by atoms with van der Waals surface area (Å²) in [5.41, 5.74) is 1.40. The molecule has 0 atom stereocenters. The lowest BCUT2D eigenvalue weighted by atomic mass is 10.2. The van der Waals surface area contributed by atoms with Gasteiger partial charge in [0, 0.05) is 5.75 Å². The van der Waals surface area contributed by atoms with Crippen LogP contribution in [-0.4, -0.2) is 5.75 Å². The fraction of sp³-hybridized carbons (Fsp3) is 0.250. The van der Waals surface area contributed by atoms with Crippen molar-refractivity contribution in [1.82, 2.24) is 0 Å². The first-order chi connectivity index (χ1) is 5.43. The second kappa shape index (κ2) is 5.86. The maximum atomic E-state index is 4.05. The smallest absolute Gasteiger partial charge is 0.00855 e. The SMILES string of the molecule is SSSCCc1ccccc1. The summed E-state index contributed by atoms with van der Waals surface area (Å²) >= 11 is 4.05. The third-order valence-electron chi connectivity index (χ3n) is 1.37. The van der Waals surface area contributed by atoms with E-state index in [4.69, 9.17) is 0 Å². The van der Waals surface area contributed by atoms with Crippen LogP contribution < -0.4 is 0 Å². The summed E-state index contributed by atoms with van der Waals surface area (Å²) in [6.45, 7) is 0. The molecule has 1 rings (SSSR count). The van der Waals surface area contributed by atoms with E-state index in [0.29, 0.717) is 0 Å². The van der Waals surface area contributed by atoms with Crippen LogP contribution in [0.2, 0.25) is 0 Å². The van der Waals surface area contributed by atoms with Gasteiger partial charge in [0.15, 0.2) is 0 Å². The van der Waals surface area contributed by atoms with Crippen LogP contribution in [0.5, 0.6) is 0 Å². The van der Waals surface area contributed by atoms with Gasteiger partial charge in [0.2, 0.25) is 0 Å². The van der Waals surface area contributed by atoms with E-state index in [0.717, 1.165) is 12.2 Å². The molecule has 0 bridgehead atoms. The van der Waals surface area contributed by atoms with Crippen molar-refractivity contribution in [3.05, 3.63) is 35.9 Å². The van der Waals surface area contributed by atoms with Gasteiger partial charge in [-0.15, -0.1) is 0 Å². The Balaban J connectivity index is 2.28. The largest absolute Gasteiger partial charge is 0.0997 e. The minimum absolute atomic E-state index is 1.14. The summed E-state index contributed by atoms with van der Waals surface area (Å²) in [5.74, 6) is 1.14. The van der Waals surface area contributed by atoms with Gasteiger partial charge in [0.05, 0.1) is 0 Å². The van der Waals surface area contributed by atoms with Crippen LogP contribution >= 0.6 is 32.3 Å². The zero-order valence-corrected chi connectivity index (χ0v) is 8.59. The molecule has 0 saturated carbocycles. The summed E-state index contributed by atoms with van der Waals surface area (Å²) in [6.07, 6.45) is 1.14. The zero-order chi connectivity index (χ0) is 7.94.